The number of ether oxygens (including phenoxy) is 2. The van der Waals surface area contributed by atoms with E-state index in [0.29, 0.717) is 17.8 Å². The molecule has 32 heavy (non-hydrogen) atoms. The van der Waals surface area contributed by atoms with E-state index in [4.69, 9.17) is 21.1 Å². The van der Waals surface area contributed by atoms with Gasteiger partial charge < -0.3 is 25.0 Å². The van der Waals surface area contributed by atoms with Crippen molar-refractivity contribution in [1.29, 1.82) is 0 Å². The summed E-state index contributed by atoms with van der Waals surface area (Å²) in [5.74, 6) is -1.21. The summed E-state index contributed by atoms with van der Waals surface area (Å²) in [6.45, 7) is 5.27. The standard InChI is InChI=1S/C22H24ClFN4O4/c1-14(27-21(29)13-32-16-3-4-18(23)19(24)10-16)5-7-26-22(30)20-9-15(6-8-25-20)28-11-17(12-28)31-2/h3-4,6,8-10,17H,1,5,7,11-13H2,2H3,(H,26,30)(H,27,29). The van der Waals surface area contributed by atoms with Gasteiger partial charge in [-0.1, -0.05) is 18.2 Å². The quantitative estimate of drug-likeness (QED) is 0.563. The molecule has 0 atom stereocenters. The maximum Gasteiger partial charge on any atom is 0.269 e. The summed E-state index contributed by atoms with van der Waals surface area (Å²) >= 11 is 5.60. The molecule has 1 aromatic heterocycles. The van der Waals surface area contributed by atoms with Crippen molar-refractivity contribution in [2.75, 3.05) is 38.3 Å². The van der Waals surface area contributed by atoms with Gasteiger partial charge in [0.1, 0.15) is 17.3 Å². The number of pyridine rings is 1. The Hall–Kier alpha value is -3.17. The highest BCUT2D eigenvalue weighted by atomic mass is 35.5. The second-order valence-corrected chi connectivity index (χ2v) is 7.59. The molecule has 2 N–H and O–H groups in total. The van der Waals surface area contributed by atoms with Crippen molar-refractivity contribution in [1.82, 2.24) is 15.6 Å². The minimum absolute atomic E-state index is 0.0283. The number of carbonyl (C=O) groups excluding carboxylic acids is 2. The van der Waals surface area contributed by atoms with Crippen LogP contribution in [0.4, 0.5) is 10.1 Å². The third-order valence-electron chi connectivity index (χ3n) is 4.81. The number of carbonyl (C=O) groups is 2. The summed E-state index contributed by atoms with van der Waals surface area (Å²) in [6, 6.07) is 7.48. The molecule has 1 saturated heterocycles. The molecule has 10 heteroatoms. The molecule has 0 saturated carbocycles. The van der Waals surface area contributed by atoms with Crippen LogP contribution in [0, 0.1) is 5.82 Å². The van der Waals surface area contributed by atoms with E-state index < -0.39 is 11.7 Å². The molecule has 3 rings (SSSR count). The van der Waals surface area contributed by atoms with Gasteiger partial charge in [-0.25, -0.2) is 4.39 Å². The molecule has 2 amide bonds. The van der Waals surface area contributed by atoms with Crippen LogP contribution in [0.15, 0.2) is 48.8 Å². The molecule has 2 aromatic rings. The Balaban J connectivity index is 1.37. The molecule has 1 aliphatic heterocycles. The molecule has 1 aromatic carbocycles. The van der Waals surface area contributed by atoms with E-state index in [2.05, 4.69) is 27.1 Å². The first-order chi connectivity index (χ1) is 15.4. The van der Waals surface area contributed by atoms with Crippen LogP contribution in [0.1, 0.15) is 16.9 Å². The van der Waals surface area contributed by atoms with Crippen molar-refractivity contribution >= 4 is 29.1 Å². The van der Waals surface area contributed by atoms with Crippen LogP contribution in [-0.4, -0.2) is 56.3 Å². The Morgan fingerprint density at radius 1 is 1.31 bits per heavy atom. The summed E-state index contributed by atoms with van der Waals surface area (Å²) in [5, 5.41) is 5.30. The molecule has 1 fully saturated rings. The lowest BCUT2D eigenvalue weighted by atomic mass is 10.1. The first-order valence-corrected chi connectivity index (χ1v) is 10.3. The fraction of sp³-hybridized carbons (Fsp3) is 0.318. The van der Waals surface area contributed by atoms with Gasteiger partial charge in [-0.2, -0.15) is 0 Å². The van der Waals surface area contributed by atoms with E-state index in [1.807, 2.05) is 6.07 Å². The number of anilines is 1. The number of nitrogens with zero attached hydrogens (tertiary/aromatic N) is 2. The van der Waals surface area contributed by atoms with Crippen LogP contribution in [0.25, 0.3) is 0 Å². The Morgan fingerprint density at radius 2 is 2.09 bits per heavy atom. The van der Waals surface area contributed by atoms with Crippen molar-refractivity contribution in [2.24, 2.45) is 0 Å². The number of benzene rings is 1. The minimum atomic E-state index is -0.631. The maximum atomic E-state index is 13.4. The Kier molecular flexibility index (Phi) is 8.02. The van der Waals surface area contributed by atoms with Gasteiger partial charge >= 0.3 is 0 Å². The second-order valence-electron chi connectivity index (χ2n) is 7.18. The van der Waals surface area contributed by atoms with Crippen LogP contribution >= 0.6 is 11.6 Å². The number of nitrogens with one attached hydrogen (secondary N) is 2. The predicted molar refractivity (Wildman–Crippen MR) is 118 cm³/mol. The van der Waals surface area contributed by atoms with Gasteiger partial charge in [-0.15, -0.1) is 0 Å². The van der Waals surface area contributed by atoms with Crippen LogP contribution in [0.2, 0.25) is 5.02 Å². The maximum absolute atomic E-state index is 13.4. The molecule has 2 heterocycles. The molecular weight excluding hydrogens is 439 g/mol. The van der Waals surface area contributed by atoms with Crippen molar-refractivity contribution in [3.05, 3.63) is 65.3 Å². The summed E-state index contributed by atoms with van der Waals surface area (Å²) < 4.78 is 23.9. The van der Waals surface area contributed by atoms with Crippen molar-refractivity contribution in [3.63, 3.8) is 0 Å². The second kappa shape index (κ2) is 10.9. The van der Waals surface area contributed by atoms with Gasteiger partial charge in [0.2, 0.25) is 0 Å². The Morgan fingerprint density at radius 3 is 2.81 bits per heavy atom. The number of hydrogen-bond acceptors (Lipinski definition) is 6. The fourth-order valence-corrected chi connectivity index (χ4v) is 3.08. The lowest BCUT2D eigenvalue weighted by Crippen LogP contribution is -2.52. The Bertz CT molecular complexity index is 998. The summed E-state index contributed by atoms with van der Waals surface area (Å²) in [5.41, 5.74) is 1.63. The van der Waals surface area contributed by atoms with Gasteiger partial charge in [0.05, 0.1) is 11.1 Å². The average molecular weight is 463 g/mol. The molecule has 0 radical (unpaired) electrons. The van der Waals surface area contributed by atoms with E-state index in [1.54, 1.807) is 19.4 Å². The molecule has 0 aliphatic carbocycles. The summed E-state index contributed by atoms with van der Waals surface area (Å²) in [4.78, 5) is 30.5. The van der Waals surface area contributed by atoms with E-state index in [-0.39, 0.29) is 35.9 Å². The molecule has 0 unspecified atom stereocenters. The number of aromatic nitrogens is 1. The number of hydrogen-bond donors (Lipinski definition) is 2. The molecule has 170 valence electrons. The summed E-state index contributed by atoms with van der Waals surface area (Å²) in [6.07, 6.45) is 2.13. The van der Waals surface area contributed by atoms with E-state index in [9.17, 15) is 14.0 Å². The highest BCUT2D eigenvalue weighted by Gasteiger charge is 2.27. The Labute approximate surface area is 190 Å². The van der Waals surface area contributed by atoms with Crippen LogP contribution in [-0.2, 0) is 9.53 Å². The zero-order valence-electron chi connectivity index (χ0n) is 17.6. The largest absolute Gasteiger partial charge is 0.484 e. The molecule has 1 aliphatic rings. The fourth-order valence-electron chi connectivity index (χ4n) is 2.97. The van der Waals surface area contributed by atoms with Gasteiger partial charge in [0.25, 0.3) is 11.8 Å². The third kappa shape index (κ3) is 6.41. The topological polar surface area (TPSA) is 92.8 Å². The number of rotatable bonds is 10. The smallest absolute Gasteiger partial charge is 0.269 e. The van der Waals surface area contributed by atoms with E-state index in [1.165, 1.54) is 12.1 Å². The zero-order chi connectivity index (χ0) is 23.1. The molecule has 0 bridgehead atoms. The van der Waals surface area contributed by atoms with Gasteiger partial charge in [0, 0.05) is 56.8 Å². The number of halogens is 2. The first-order valence-electron chi connectivity index (χ1n) is 9.93. The number of amides is 2. The summed E-state index contributed by atoms with van der Waals surface area (Å²) in [7, 11) is 1.68. The lowest BCUT2D eigenvalue weighted by Gasteiger charge is -2.39. The lowest BCUT2D eigenvalue weighted by molar-refractivity contribution is -0.122. The SMILES string of the molecule is C=C(CCNC(=O)c1cc(N2CC(OC)C2)ccn1)NC(=O)COc1ccc(Cl)c(F)c1. The van der Waals surface area contributed by atoms with Gasteiger partial charge in [-0.05, 0) is 24.3 Å². The minimum Gasteiger partial charge on any atom is -0.484 e. The van der Waals surface area contributed by atoms with Crippen LogP contribution < -0.4 is 20.3 Å². The normalized spacial score (nSPS) is 13.3. The first kappa shape index (κ1) is 23.5. The third-order valence-corrected chi connectivity index (χ3v) is 5.12. The average Bonchev–Trinajstić information content (AvgIpc) is 2.74. The van der Waals surface area contributed by atoms with E-state index in [0.717, 1.165) is 24.8 Å². The predicted octanol–water partition coefficient (Wildman–Crippen LogP) is 2.54. The van der Waals surface area contributed by atoms with Crippen molar-refractivity contribution in [3.8, 4) is 5.75 Å². The highest BCUT2D eigenvalue weighted by molar-refractivity contribution is 6.30. The highest BCUT2D eigenvalue weighted by Crippen LogP contribution is 2.22. The number of methoxy groups -OCH3 is 1. The molecular formula is C22H24ClFN4O4. The molecule has 8 nitrogen and oxygen atoms in total. The van der Waals surface area contributed by atoms with Crippen LogP contribution in [0.5, 0.6) is 5.75 Å². The van der Waals surface area contributed by atoms with Gasteiger partial charge in [-0.3, -0.25) is 14.6 Å². The monoisotopic (exact) mass is 462 g/mol. The zero-order valence-corrected chi connectivity index (χ0v) is 18.3. The molecule has 0 spiro atoms. The van der Waals surface area contributed by atoms with Crippen molar-refractivity contribution in [2.45, 2.75) is 12.5 Å². The van der Waals surface area contributed by atoms with Crippen molar-refractivity contribution < 1.29 is 23.5 Å². The van der Waals surface area contributed by atoms with Crippen LogP contribution in [0.3, 0.4) is 0 Å². The van der Waals surface area contributed by atoms with E-state index >= 15 is 0 Å². The van der Waals surface area contributed by atoms with Gasteiger partial charge in [0.15, 0.2) is 6.61 Å².